The number of aromatic nitrogens is 1. The van der Waals surface area contributed by atoms with Crippen molar-refractivity contribution >= 4 is 58.9 Å². The maximum absolute atomic E-state index is 7.16. The topological polar surface area (TPSA) is 4.93 Å². The Kier molecular flexibility index (Phi) is 16.6. The molecule has 0 bridgehead atoms. The van der Waals surface area contributed by atoms with Crippen molar-refractivity contribution in [2.24, 2.45) is 7.05 Å². The molecule has 1 aliphatic rings. The first-order chi connectivity index (χ1) is 29.1. The predicted molar refractivity (Wildman–Crippen MR) is 258 cm³/mol. The number of para-hydroxylation sites is 1. The normalized spacial score (nSPS) is 10.8. The molecule has 0 fully saturated rings. The van der Waals surface area contributed by atoms with Crippen molar-refractivity contribution in [1.82, 2.24) is 4.57 Å². The van der Waals surface area contributed by atoms with Gasteiger partial charge in [-0.3, -0.25) is 11.8 Å². The third-order valence-electron chi connectivity index (χ3n) is 11.1. The molecule has 1 aliphatic carbocycles. The molecule has 0 atom stereocenters. The van der Waals surface area contributed by atoms with Crippen LogP contribution in [0.25, 0.3) is 32.9 Å². The fourth-order valence-electron chi connectivity index (χ4n) is 8.18. The fourth-order valence-corrected chi connectivity index (χ4v) is 14.4. The summed E-state index contributed by atoms with van der Waals surface area (Å²) in [5.41, 5.74) is 9.40. The van der Waals surface area contributed by atoms with Gasteiger partial charge in [0.2, 0.25) is 0 Å². The summed E-state index contributed by atoms with van der Waals surface area (Å²) >= 11 is 0. The number of aryl methyl sites for hydroxylation is 1. The molecule has 1 aromatic heterocycles. The Hall–Kier alpha value is -4.98. The second-order valence-corrected chi connectivity index (χ2v) is 19.9. The van der Waals surface area contributed by atoms with Gasteiger partial charge in [-0.15, -0.1) is 35.4 Å². The van der Waals surface area contributed by atoms with Crippen molar-refractivity contribution in [3.05, 3.63) is 241 Å². The SMILES string of the molecule is [Au+].[Au+].[C-]#Cc1ccc2c(c1)Cc1ccccc1-2.[C-]#Cc1ccc2c3ccccc3n(C)c2c1.c1ccc([PH+](CC[PH+](c2ccccc2)c2ccccc2)c2ccccc2)cc1. The summed E-state index contributed by atoms with van der Waals surface area (Å²) in [6, 6.07) is 73.4. The van der Waals surface area contributed by atoms with Crippen LogP contribution < -0.4 is 21.2 Å². The monoisotopic (exact) mass is 1190 g/mol. The average molecular weight is 1190 g/mol. The van der Waals surface area contributed by atoms with Crippen molar-refractivity contribution < 1.29 is 44.8 Å². The molecule has 1 nitrogen and oxygen atoms in total. The van der Waals surface area contributed by atoms with E-state index in [2.05, 4.69) is 205 Å². The average Bonchev–Trinajstić information content (AvgIpc) is 3.83. The molecular formula is C56H45Au2NP2+2. The standard InChI is InChI=1S/C26H24P2.C15H10N.C15H9.2Au/c1-5-13-23(14-6-1)27(24-15-7-2-8-16-24)21-22-28(25-17-9-3-10-18-25)26-19-11-4-12-20-26;1-3-11-8-9-13-12-6-4-5-7-14(12)16(2)15(13)10-11;1-2-11-7-8-15-13(9-11)10-12-5-3-4-6-14(12)15;;/h1-20H,21-22H2;4-10H,2H3;3-9H,10H2;;/q;2*-1;2*+1/p+2. The van der Waals surface area contributed by atoms with Gasteiger partial charge < -0.3 is 17.4 Å². The molecule has 0 unspecified atom stereocenters. The van der Waals surface area contributed by atoms with Gasteiger partial charge in [0.05, 0.1) is 37.1 Å². The maximum atomic E-state index is 7.16. The van der Waals surface area contributed by atoms with Crippen LogP contribution >= 0.6 is 15.8 Å². The summed E-state index contributed by atoms with van der Waals surface area (Å²) in [5, 5.41) is 8.55. The molecule has 0 radical (unpaired) electrons. The molecule has 61 heavy (non-hydrogen) atoms. The third kappa shape index (κ3) is 10.7. The third-order valence-corrected chi connectivity index (χ3v) is 17.2. The minimum Gasteiger partial charge on any atom is -0.366 e. The number of fused-ring (bicyclic) bond motifs is 6. The number of benzene rings is 8. The molecule has 0 saturated carbocycles. The summed E-state index contributed by atoms with van der Waals surface area (Å²) < 4.78 is 2.16. The Bertz CT molecular complexity index is 2730. The van der Waals surface area contributed by atoms with E-state index in [1.54, 1.807) is 0 Å². The van der Waals surface area contributed by atoms with Crippen LogP contribution in [0.2, 0.25) is 0 Å². The van der Waals surface area contributed by atoms with Gasteiger partial charge in [0.25, 0.3) is 0 Å². The van der Waals surface area contributed by atoms with Crippen LogP contribution in [-0.4, -0.2) is 16.9 Å². The van der Waals surface area contributed by atoms with Gasteiger partial charge in [-0.1, -0.05) is 133 Å². The number of hydrogen-bond donors (Lipinski definition) is 0. The van der Waals surface area contributed by atoms with Crippen LogP contribution in [0.1, 0.15) is 22.3 Å². The van der Waals surface area contributed by atoms with Gasteiger partial charge >= 0.3 is 44.8 Å². The Morgan fingerprint density at radius 2 is 0.836 bits per heavy atom. The first-order valence-corrected chi connectivity index (χ1v) is 23.5. The van der Waals surface area contributed by atoms with Crippen molar-refractivity contribution in [2.75, 3.05) is 12.3 Å². The Balaban J connectivity index is 0.000000161. The largest absolute Gasteiger partial charge is 1.00 e. The summed E-state index contributed by atoms with van der Waals surface area (Å²) in [6.07, 6.45) is 17.8. The number of nitrogens with zero attached hydrogens (tertiary/aromatic N) is 1. The van der Waals surface area contributed by atoms with E-state index < -0.39 is 15.8 Å². The molecule has 0 amide bonds. The van der Waals surface area contributed by atoms with Gasteiger partial charge in [0.15, 0.2) is 0 Å². The van der Waals surface area contributed by atoms with Crippen molar-refractivity contribution in [3.63, 3.8) is 0 Å². The summed E-state index contributed by atoms with van der Waals surface area (Å²) in [5.74, 6) is 4.86. The van der Waals surface area contributed by atoms with E-state index in [0.29, 0.717) is 0 Å². The van der Waals surface area contributed by atoms with E-state index in [1.165, 1.54) is 72.1 Å². The Labute approximate surface area is 395 Å². The minimum atomic E-state index is -0.783. The van der Waals surface area contributed by atoms with E-state index in [0.717, 1.165) is 23.1 Å². The fraction of sp³-hybridized carbons (Fsp3) is 0.0714. The minimum absolute atomic E-state index is 0. The van der Waals surface area contributed by atoms with Crippen molar-refractivity contribution in [1.29, 1.82) is 0 Å². The van der Waals surface area contributed by atoms with E-state index in [9.17, 15) is 0 Å². The predicted octanol–water partition coefficient (Wildman–Crippen LogP) is 11.2. The van der Waals surface area contributed by atoms with Gasteiger partial charge in [0.1, 0.15) is 12.3 Å². The molecule has 10 rings (SSSR count). The zero-order valence-corrected chi connectivity index (χ0v) is 40.1. The van der Waals surface area contributed by atoms with E-state index in [-0.39, 0.29) is 44.8 Å². The first kappa shape index (κ1) is 45.5. The smallest absolute Gasteiger partial charge is 0.366 e. The van der Waals surface area contributed by atoms with Crippen LogP contribution in [0.5, 0.6) is 0 Å². The van der Waals surface area contributed by atoms with E-state index in [1.807, 2.05) is 24.3 Å². The second-order valence-electron chi connectivity index (χ2n) is 14.7. The molecule has 304 valence electrons. The molecule has 8 aromatic carbocycles. The molecular weight excluding hydrogens is 1140 g/mol. The summed E-state index contributed by atoms with van der Waals surface area (Å²) in [4.78, 5) is 0. The van der Waals surface area contributed by atoms with Gasteiger partial charge in [-0.25, -0.2) is 0 Å². The second kappa shape index (κ2) is 22.2. The molecule has 1 heterocycles. The molecule has 0 spiro atoms. The van der Waals surface area contributed by atoms with Crippen LogP contribution in [0, 0.1) is 24.7 Å². The van der Waals surface area contributed by atoms with Gasteiger partial charge in [-0.05, 0) is 77.7 Å². The molecule has 0 N–H and O–H groups in total. The van der Waals surface area contributed by atoms with Crippen LogP contribution in [-0.2, 0) is 58.2 Å². The number of rotatable bonds is 7. The Morgan fingerprint density at radius 3 is 1.36 bits per heavy atom. The maximum Gasteiger partial charge on any atom is 1.00 e. The van der Waals surface area contributed by atoms with Crippen LogP contribution in [0.3, 0.4) is 0 Å². The summed E-state index contributed by atoms with van der Waals surface area (Å²) in [6.45, 7) is 0. The zero-order valence-electron chi connectivity index (χ0n) is 33.8. The van der Waals surface area contributed by atoms with Crippen LogP contribution in [0.4, 0.5) is 0 Å². The Morgan fingerprint density at radius 1 is 0.426 bits per heavy atom. The molecule has 9 aromatic rings. The molecule has 0 saturated heterocycles. The molecule has 0 aliphatic heterocycles. The quantitative estimate of drug-likeness (QED) is 0.0649. The first-order valence-electron chi connectivity index (χ1n) is 20.1. The van der Waals surface area contributed by atoms with E-state index in [4.69, 9.17) is 12.8 Å². The van der Waals surface area contributed by atoms with Crippen LogP contribution in [0.15, 0.2) is 206 Å². The van der Waals surface area contributed by atoms with E-state index >= 15 is 0 Å². The van der Waals surface area contributed by atoms with Gasteiger partial charge in [0, 0.05) is 28.9 Å². The summed E-state index contributed by atoms with van der Waals surface area (Å²) in [7, 11) is 0.487. The van der Waals surface area contributed by atoms with Crippen molar-refractivity contribution in [2.45, 2.75) is 6.42 Å². The van der Waals surface area contributed by atoms with Gasteiger partial charge in [-0.2, -0.15) is 0 Å². The zero-order chi connectivity index (χ0) is 40.4. The number of hydrogen-bond acceptors (Lipinski definition) is 0. The molecule has 5 heteroatoms. The van der Waals surface area contributed by atoms with Crippen molar-refractivity contribution in [3.8, 4) is 23.0 Å².